The maximum atomic E-state index is 12.8. The van der Waals surface area contributed by atoms with Crippen LogP contribution in [0.5, 0.6) is 0 Å². The number of carbonyl (C=O) groups is 1. The third-order valence-corrected chi connectivity index (χ3v) is 4.67. The predicted molar refractivity (Wildman–Crippen MR) is 93.8 cm³/mol. The molecule has 0 spiro atoms. The van der Waals surface area contributed by atoms with Gasteiger partial charge in [0.2, 0.25) is 5.91 Å². The largest absolute Gasteiger partial charge is 0.359 e. The van der Waals surface area contributed by atoms with Crippen molar-refractivity contribution in [3.8, 4) is 0 Å². The molecule has 1 aliphatic rings. The minimum absolute atomic E-state index is 0.0387. The number of rotatable bonds is 4. The summed E-state index contributed by atoms with van der Waals surface area (Å²) < 4.78 is 5.14. The molecule has 0 bridgehead atoms. The van der Waals surface area contributed by atoms with Crippen molar-refractivity contribution in [2.24, 2.45) is 0 Å². The van der Waals surface area contributed by atoms with E-state index in [1.807, 2.05) is 13.8 Å². The van der Waals surface area contributed by atoms with E-state index >= 15 is 0 Å². The monoisotopic (exact) mass is 327 g/mol. The van der Waals surface area contributed by atoms with Crippen LogP contribution in [0.3, 0.4) is 0 Å². The second-order valence-electron chi connectivity index (χ2n) is 6.66. The smallest absolute Gasteiger partial charge is 0.241 e. The Morgan fingerprint density at radius 3 is 2.88 bits per heavy atom. The van der Waals surface area contributed by atoms with Crippen LogP contribution in [0.1, 0.15) is 41.8 Å². The number of anilines is 1. The van der Waals surface area contributed by atoms with E-state index in [0.29, 0.717) is 11.4 Å². The van der Waals surface area contributed by atoms with Gasteiger partial charge in [-0.15, -0.1) is 0 Å². The second-order valence-corrected chi connectivity index (χ2v) is 6.66. The summed E-state index contributed by atoms with van der Waals surface area (Å²) >= 11 is 0. The molecule has 0 radical (unpaired) electrons. The quantitative estimate of drug-likeness (QED) is 0.932. The van der Waals surface area contributed by atoms with Gasteiger partial charge in [0.15, 0.2) is 5.76 Å². The normalized spacial score (nSPS) is 18.5. The number of likely N-dealkylation sites (tertiary alicyclic amines) is 1. The molecule has 0 aliphatic carbocycles. The van der Waals surface area contributed by atoms with Gasteiger partial charge in [-0.1, -0.05) is 41.4 Å². The maximum Gasteiger partial charge on any atom is 0.241 e. The van der Waals surface area contributed by atoms with Crippen LogP contribution in [0.4, 0.5) is 5.69 Å². The number of nitrogens with zero attached hydrogens (tertiary/aromatic N) is 2. The first-order valence-corrected chi connectivity index (χ1v) is 8.58. The van der Waals surface area contributed by atoms with Gasteiger partial charge in [-0.05, 0) is 45.7 Å². The molecular formula is C19H25N3O2. The molecule has 1 aromatic carbocycles. The van der Waals surface area contributed by atoms with Crippen molar-refractivity contribution in [3.05, 3.63) is 46.8 Å². The lowest BCUT2D eigenvalue weighted by Crippen LogP contribution is -2.46. The van der Waals surface area contributed by atoms with Crippen molar-refractivity contribution in [3.63, 3.8) is 0 Å². The number of carbonyl (C=O) groups excluding carboxylic acids is 1. The molecule has 0 unspecified atom stereocenters. The summed E-state index contributed by atoms with van der Waals surface area (Å²) in [7, 11) is 0. The zero-order chi connectivity index (χ0) is 17.1. The summed E-state index contributed by atoms with van der Waals surface area (Å²) in [6, 6.07) is 8.39. The highest BCUT2D eigenvalue weighted by molar-refractivity contribution is 5.95. The summed E-state index contributed by atoms with van der Waals surface area (Å²) in [6.07, 6.45) is 3.12. The van der Waals surface area contributed by atoms with Crippen LogP contribution in [0.15, 0.2) is 28.8 Å². The molecule has 1 atom stereocenters. The van der Waals surface area contributed by atoms with Gasteiger partial charge < -0.3 is 9.84 Å². The lowest BCUT2D eigenvalue weighted by Gasteiger charge is -2.34. The van der Waals surface area contributed by atoms with Crippen LogP contribution in [0.25, 0.3) is 0 Å². The summed E-state index contributed by atoms with van der Waals surface area (Å²) in [5.41, 5.74) is 3.94. The van der Waals surface area contributed by atoms with Crippen LogP contribution >= 0.6 is 0 Å². The highest BCUT2D eigenvalue weighted by Gasteiger charge is 2.29. The fourth-order valence-corrected chi connectivity index (χ4v) is 3.39. The van der Waals surface area contributed by atoms with Crippen LogP contribution in [-0.2, 0) is 11.3 Å². The number of nitrogens with one attached hydrogen (secondary N) is 1. The zero-order valence-electron chi connectivity index (χ0n) is 14.6. The Morgan fingerprint density at radius 1 is 1.33 bits per heavy atom. The Morgan fingerprint density at radius 2 is 2.17 bits per heavy atom. The number of amides is 1. The van der Waals surface area contributed by atoms with Gasteiger partial charge in [0.25, 0.3) is 0 Å². The van der Waals surface area contributed by atoms with Crippen LogP contribution in [-0.4, -0.2) is 28.6 Å². The average Bonchev–Trinajstić information content (AvgIpc) is 2.87. The van der Waals surface area contributed by atoms with Gasteiger partial charge in [-0.3, -0.25) is 9.69 Å². The molecule has 2 heterocycles. The summed E-state index contributed by atoms with van der Waals surface area (Å²) in [5.74, 6) is 0.693. The number of aryl methyl sites for hydroxylation is 3. The Labute approximate surface area is 143 Å². The SMILES string of the molecule is Cc1cccc(CN2CCCC[C@H]2C(=O)Nc2c(C)noc2C)c1. The molecule has 2 aromatic rings. The summed E-state index contributed by atoms with van der Waals surface area (Å²) in [5, 5.41) is 6.93. The molecule has 1 aromatic heterocycles. The molecule has 3 rings (SSSR count). The molecule has 5 heteroatoms. The van der Waals surface area contributed by atoms with Crippen molar-refractivity contribution >= 4 is 11.6 Å². The zero-order valence-corrected chi connectivity index (χ0v) is 14.6. The minimum atomic E-state index is -0.104. The van der Waals surface area contributed by atoms with Gasteiger partial charge in [0.05, 0.1) is 6.04 Å². The van der Waals surface area contributed by atoms with E-state index in [-0.39, 0.29) is 11.9 Å². The number of aromatic nitrogens is 1. The highest BCUT2D eigenvalue weighted by Crippen LogP contribution is 2.24. The molecule has 128 valence electrons. The Kier molecular flexibility index (Phi) is 5.00. The molecule has 0 saturated carbocycles. The Bertz CT molecular complexity index is 704. The molecule has 1 fully saturated rings. The standard InChI is InChI=1S/C19H25N3O2/c1-13-7-6-8-16(11-13)12-22-10-5-4-9-17(22)19(23)20-18-14(2)21-24-15(18)3/h6-8,11,17H,4-5,9-10,12H2,1-3H3,(H,20,23)/t17-/m0/s1. The second kappa shape index (κ2) is 7.18. The summed E-state index contributed by atoms with van der Waals surface area (Å²) in [4.78, 5) is 15.1. The average molecular weight is 327 g/mol. The molecule has 5 nitrogen and oxygen atoms in total. The molecule has 1 saturated heterocycles. The lowest BCUT2D eigenvalue weighted by atomic mass is 10.00. The Balaban J connectivity index is 1.73. The van der Waals surface area contributed by atoms with E-state index in [2.05, 4.69) is 46.6 Å². The van der Waals surface area contributed by atoms with Gasteiger partial charge >= 0.3 is 0 Å². The molecular weight excluding hydrogens is 302 g/mol. The van der Waals surface area contributed by atoms with E-state index in [0.717, 1.165) is 38.0 Å². The Hall–Kier alpha value is -2.14. The van der Waals surface area contributed by atoms with Crippen molar-refractivity contribution in [2.75, 3.05) is 11.9 Å². The van der Waals surface area contributed by atoms with E-state index in [1.54, 1.807) is 0 Å². The predicted octanol–water partition coefficient (Wildman–Crippen LogP) is 3.59. The number of hydrogen-bond acceptors (Lipinski definition) is 4. The first-order chi connectivity index (χ1) is 11.5. The van der Waals surface area contributed by atoms with E-state index in [4.69, 9.17) is 4.52 Å². The van der Waals surface area contributed by atoms with Crippen molar-refractivity contribution < 1.29 is 9.32 Å². The van der Waals surface area contributed by atoms with Crippen LogP contribution in [0, 0.1) is 20.8 Å². The van der Waals surface area contributed by atoms with Crippen molar-refractivity contribution in [1.29, 1.82) is 0 Å². The first-order valence-electron chi connectivity index (χ1n) is 8.58. The van der Waals surface area contributed by atoms with E-state index in [9.17, 15) is 4.79 Å². The van der Waals surface area contributed by atoms with Crippen LogP contribution < -0.4 is 5.32 Å². The first kappa shape index (κ1) is 16.7. The maximum absolute atomic E-state index is 12.8. The topological polar surface area (TPSA) is 58.4 Å². The van der Waals surface area contributed by atoms with Gasteiger partial charge in [0, 0.05) is 6.54 Å². The number of piperidine rings is 1. The number of hydrogen-bond donors (Lipinski definition) is 1. The molecule has 1 aliphatic heterocycles. The fraction of sp³-hybridized carbons (Fsp3) is 0.474. The summed E-state index contributed by atoms with van der Waals surface area (Å²) in [6.45, 7) is 7.52. The van der Waals surface area contributed by atoms with Crippen LogP contribution in [0.2, 0.25) is 0 Å². The molecule has 1 amide bonds. The third kappa shape index (κ3) is 3.67. The minimum Gasteiger partial charge on any atom is -0.359 e. The van der Waals surface area contributed by atoms with Crippen molar-refractivity contribution in [1.82, 2.24) is 10.1 Å². The highest BCUT2D eigenvalue weighted by atomic mass is 16.5. The van der Waals surface area contributed by atoms with Gasteiger partial charge in [-0.25, -0.2) is 0 Å². The van der Waals surface area contributed by atoms with Gasteiger partial charge in [-0.2, -0.15) is 0 Å². The lowest BCUT2D eigenvalue weighted by molar-refractivity contribution is -0.122. The van der Waals surface area contributed by atoms with Crippen molar-refractivity contribution in [2.45, 2.75) is 52.6 Å². The van der Waals surface area contributed by atoms with Gasteiger partial charge in [0.1, 0.15) is 11.4 Å². The molecule has 1 N–H and O–H groups in total. The number of benzene rings is 1. The van der Waals surface area contributed by atoms with E-state index in [1.165, 1.54) is 11.1 Å². The fourth-order valence-electron chi connectivity index (χ4n) is 3.39. The third-order valence-electron chi connectivity index (χ3n) is 4.67. The molecule has 24 heavy (non-hydrogen) atoms. The van der Waals surface area contributed by atoms with E-state index < -0.39 is 0 Å².